The number of nitrogens with zero attached hydrogens (tertiary/aromatic N) is 1. The van der Waals surface area contributed by atoms with Crippen LogP contribution in [0.25, 0.3) is 88.0 Å². The Morgan fingerprint density at radius 2 is 0.738 bits per heavy atom. The third-order valence-electron chi connectivity index (χ3n) is 11.4. The van der Waals surface area contributed by atoms with Crippen LogP contribution in [0.5, 0.6) is 0 Å². The molecule has 0 heterocycles. The van der Waals surface area contributed by atoms with E-state index < -0.39 is 24.2 Å². The first-order valence-corrected chi connectivity index (χ1v) is 20.3. The Hall–Kier alpha value is -8.00. The first kappa shape index (κ1) is 28.4. The second-order valence-electron chi connectivity index (χ2n) is 15.1. The van der Waals surface area contributed by atoms with Gasteiger partial charge < -0.3 is 4.90 Å². The van der Waals surface area contributed by atoms with Gasteiger partial charge in [0.05, 0.1) is 11.0 Å². The number of anilines is 3. The van der Waals surface area contributed by atoms with E-state index in [1.807, 2.05) is 140 Å². The number of rotatable bonds is 8. The molecule has 1 nitrogen and oxygen atoms in total. The van der Waals surface area contributed by atoms with E-state index in [2.05, 4.69) is 42.5 Å². The summed E-state index contributed by atoms with van der Waals surface area (Å²) >= 11 is 0. The lowest BCUT2D eigenvalue weighted by Gasteiger charge is -2.26. The lowest BCUT2D eigenvalue weighted by molar-refractivity contribution is 1.28. The maximum atomic E-state index is 9.83. The fourth-order valence-corrected chi connectivity index (χ4v) is 8.35. The molecule has 0 saturated heterocycles. The maximum absolute atomic E-state index is 9.83. The van der Waals surface area contributed by atoms with Gasteiger partial charge in [-0.3, -0.25) is 0 Å². The van der Waals surface area contributed by atoms with Crippen LogP contribution >= 0.6 is 0 Å². The Labute approximate surface area is 368 Å². The van der Waals surface area contributed by atoms with Crippen molar-refractivity contribution in [3.8, 4) is 55.6 Å². The summed E-state index contributed by atoms with van der Waals surface area (Å²) in [7, 11) is 0. The maximum Gasteiger partial charge on any atom is 0.0645 e. The van der Waals surface area contributed by atoms with Crippen molar-refractivity contribution in [2.45, 2.75) is 0 Å². The lowest BCUT2D eigenvalue weighted by Crippen LogP contribution is -2.09. The number of fused-ring (bicyclic) bond motifs is 4. The normalized spacial score (nSPS) is 13.1. The fourth-order valence-electron chi connectivity index (χ4n) is 8.35. The highest BCUT2D eigenvalue weighted by molar-refractivity contribution is 6.08. The molecule has 61 heavy (non-hydrogen) atoms. The molecule has 1 heteroatoms. The van der Waals surface area contributed by atoms with Gasteiger partial charge in [-0.05, 0) is 136 Å². The Kier molecular flexibility index (Phi) is 7.29. The van der Waals surface area contributed by atoms with Crippen LogP contribution in [0.4, 0.5) is 17.1 Å². The third kappa shape index (κ3) is 6.93. The van der Waals surface area contributed by atoms with Crippen LogP contribution in [-0.2, 0) is 0 Å². The third-order valence-corrected chi connectivity index (χ3v) is 11.4. The minimum absolute atomic E-state index is 0.102. The summed E-state index contributed by atoms with van der Waals surface area (Å²) < 4.78 is 77.5. The molecule has 11 aromatic rings. The van der Waals surface area contributed by atoms with Crippen molar-refractivity contribution in [2.75, 3.05) is 4.90 Å². The van der Waals surface area contributed by atoms with E-state index in [1.54, 1.807) is 18.2 Å². The van der Waals surface area contributed by atoms with E-state index in [0.717, 1.165) is 65.7 Å². The Morgan fingerprint density at radius 1 is 0.262 bits per heavy atom. The molecule has 0 radical (unpaired) electrons. The topological polar surface area (TPSA) is 3.24 Å². The summed E-state index contributed by atoms with van der Waals surface area (Å²) in [5.41, 5.74) is 6.35. The van der Waals surface area contributed by atoms with Crippen LogP contribution in [0.15, 0.2) is 249 Å². The molecule has 0 spiro atoms. The zero-order chi connectivity index (χ0) is 47.5. The summed E-state index contributed by atoms with van der Waals surface area (Å²) in [6, 6.07) is 61.6. The lowest BCUT2D eigenvalue weighted by atomic mass is 9.89. The van der Waals surface area contributed by atoms with Gasteiger partial charge in [0.15, 0.2) is 0 Å². The quantitative estimate of drug-likeness (QED) is 0.139. The van der Waals surface area contributed by atoms with Crippen LogP contribution in [0.1, 0.15) is 11.0 Å². The molecule has 0 aliphatic heterocycles. The van der Waals surface area contributed by atoms with Crippen molar-refractivity contribution in [3.05, 3.63) is 249 Å². The minimum Gasteiger partial charge on any atom is -0.311 e. The molecule has 0 saturated carbocycles. The molecule has 0 aliphatic carbocycles. The van der Waals surface area contributed by atoms with Gasteiger partial charge in [0, 0.05) is 17.1 Å². The zero-order valence-corrected chi connectivity index (χ0v) is 33.0. The molecule has 0 aliphatic rings. The molecule has 0 unspecified atom stereocenters. The van der Waals surface area contributed by atoms with E-state index in [4.69, 9.17) is 0 Å². The summed E-state index contributed by atoms with van der Waals surface area (Å²) in [6.45, 7) is 0. The second kappa shape index (κ2) is 15.6. The van der Waals surface area contributed by atoms with Crippen LogP contribution in [0.3, 0.4) is 0 Å². The van der Waals surface area contributed by atoms with Gasteiger partial charge in [0.1, 0.15) is 0 Å². The van der Waals surface area contributed by atoms with Gasteiger partial charge in [0.25, 0.3) is 0 Å². The number of hydrogen-bond acceptors (Lipinski definition) is 1. The van der Waals surface area contributed by atoms with Crippen LogP contribution < -0.4 is 4.90 Å². The minimum atomic E-state index is -0.403. The summed E-state index contributed by atoms with van der Waals surface area (Å²) in [6.07, 6.45) is 0. The molecule has 11 rings (SSSR count). The predicted molar refractivity (Wildman–Crippen MR) is 261 cm³/mol. The Morgan fingerprint density at radius 3 is 1.44 bits per heavy atom. The molecule has 286 valence electrons. The Balaban J connectivity index is 1.12. The van der Waals surface area contributed by atoms with E-state index in [-0.39, 0.29) is 46.7 Å². The molecule has 0 amide bonds. The molecule has 0 fully saturated rings. The van der Waals surface area contributed by atoms with Gasteiger partial charge in [-0.2, -0.15) is 0 Å². The van der Waals surface area contributed by atoms with Crippen molar-refractivity contribution in [1.29, 1.82) is 0 Å². The number of hydrogen-bond donors (Lipinski definition) is 0. The largest absolute Gasteiger partial charge is 0.311 e. The fraction of sp³-hybridized carbons (Fsp3) is 0. The first-order chi connectivity index (χ1) is 33.6. The smallest absolute Gasteiger partial charge is 0.0645 e. The second-order valence-corrected chi connectivity index (χ2v) is 15.1. The molecule has 0 aromatic heterocycles. The van der Waals surface area contributed by atoms with Crippen molar-refractivity contribution < 1.29 is 11.0 Å². The van der Waals surface area contributed by atoms with Crippen molar-refractivity contribution in [3.63, 3.8) is 0 Å². The van der Waals surface area contributed by atoms with Crippen molar-refractivity contribution in [1.82, 2.24) is 0 Å². The standard InChI is InChI=1S/C60H41N/c1-3-12-42(13-4-1)49-18-11-19-50(40-49)43-24-32-53(33-25-43)61(54-34-26-44(27-35-54)51-31-38-57-52(41-51)23-22-46-16-7-9-20-56(46)57)55-36-28-48(29-37-55)60-58-21-10-8-17-47(58)30-39-59(60)45-14-5-2-6-15-45/h1-41H/i24D,25D,28D,29D,32D,33D,36D,37D. The highest BCUT2D eigenvalue weighted by atomic mass is 15.1. The van der Waals surface area contributed by atoms with Gasteiger partial charge in [-0.1, -0.05) is 200 Å². The molecule has 0 atom stereocenters. The van der Waals surface area contributed by atoms with Crippen molar-refractivity contribution >= 4 is 49.4 Å². The monoisotopic (exact) mass is 783 g/mol. The summed E-state index contributed by atoms with van der Waals surface area (Å²) in [5.74, 6) is 0. The molecular weight excluding hydrogens is 735 g/mol. The molecule has 0 bridgehead atoms. The Bertz CT molecular complexity index is 3760. The summed E-state index contributed by atoms with van der Waals surface area (Å²) in [4.78, 5) is 1.37. The van der Waals surface area contributed by atoms with Crippen molar-refractivity contribution in [2.24, 2.45) is 0 Å². The van der Waals surface area contributed by atoms with Gasteiger partial charge in [-0.15, -0.1) is 0 Å². The van der Waals surface area contributed by atoms with E-state index in [9.17, 15) is 11.0 Å². The van der Waals surface area contributed by atoms with Gasteiger partial charge in [0.2, 0.25) is 0 Å². The van der Waals surface area contributed by atoms with Crippen LogP contribution in [0.2, 0.25) is 0 Å². The van der Waals surface area contributed by atoms with Gasteiger partial charge >= 0.3 is 0 Å². The average Bonchev–Trinajstić information content (AvgIpc) is 3.40. The SMILES string of the molecule is [2H]c1c([2H])c(N(c2ccc(-c3ccc4c(ccc5ccccc54)c3)cc2)c2c([2H])c([2H])c(-c3c(-c4ccccc4)ccc4ccccc34)c([2H])c2[2H])c([2H])c([2H])c1-c1cccc(-c2ccccc2)c1. The van der Waals surface area contributed by atoms with E-state index in [1.165, 1.54) is 4.90 Å². The van der Waals surface area contributed by atoms with Crippen LogP contribution in [-0.4, -0.2) is 0 Å². The predicted octanol–water partition coefficient (Wildman–Crippen LogP) is 17.0. The first-order valence-electron chi connectivity index (χ1n) is 24.3. The highest BCUT2D eigenvalue weighted by Gasteiger charge is 2.17. The van der Waals surface area contributed by atoms with E-state index in [0.29, 0.717) is 16.8 Å². The summed E-state index contributed by atoms with van der Waals surface area (Å²) in [5, 5.41) is 6.14. The number of benzene rings is 11. The molecule has 0 N–H and O–H groups in total. The molecular formula is C60H41N. The van der Waals surface area contributed by atoms with Crippen LogP contribution in [0, 0.1) is 0 Å². The van der Waals surface area contributed by atoms with Gasteiger partial charge in [-0.25, -0.2) is 0 Å². The highest BCUT2D eigenvalue weighted by Crippen LogP contribution is 2.42. The van der Waals surface area contributed by atoms with E-state index >= 15 is 0 Å². The molecule has 11 aromatic carbocycles. The zero-order valence-electron chi connectivity index (χ0n) is 41.0. The average molecular weight is 784 g/mol.